The predicted octanol–water partition coefficient (Wildman–Crippen LogP) is 5.03. The van der Waals surface area contributed by atoms with E-state index in [9.17, 15) is 0 Å². The summed E-state index contributed by atoms with van der Waals surface area (Å²) < 4.78 is 6.25. The zero-order valence-electron chi connectivity index (χ0n) is 12.5. The standard InChI is InChI=1S/C17H20BrNOS/c1-12(14-6-9-17(20-2)16(18)10-14)19-11-13-4-7-15(21-3)8-5-13/h4-10,12,19H,11H2,1-3H3. The smallest absolute Gasteiger partial charge is 0.133 e. The van der Waals surface area contributed by atoms with E-state index in [0.717, 1.165) is 16.8 Å². The van der Waals surface area contributed by atoms with Crippen molar-refractivity contribution >= 4 is 27.7 Å². The van der Waals surface area contributed by atoms with E-state index in [1.165, 1.54) is 16.0 Å². The van der Waals surface area contributed by atoms with E-state index in [1.54, 1.807) is 18.9 Å². The first-order valence-corrected chi connectivity index (χ1v) is 8.85. The molecule has 0 saturated carbocycles. The van der Waals surface area contributed by atoms with Crippen molar-refractivity contribution in [3.8, 4) is 5.75 Å². The van der Waals surface area contributed by atoms with Crippen molar-refractivity contribution in [2.75, 3.05) is 13.4 Å². The highest BCUT2D eigenvalue weighted by atomic mass is 79.9. The number of nitrogens with one attached hydrogen (secondary N) is 1. The molecule has 0 aliphatic carbocycles. The summed E-state index contributed by atoms with van der Waals surface area (Å²) in [7, 11) is 1.68. The van der Waals surface area contributed by atoms with Crippen molar-refractivity contribution in [3.63, 3.8) is 0 Å². The van der Waals surface area contributed by atoms with Gasteiger partial charge in [-0.2, -0.15) is 0 Å². The SMILES string of the molecule is COc1ccc(C(C)NCc2ccc(SC)cc2)cc1Br. The van der Waals surface area contributed by atoms with Gasteiger partial charge in [0, 0.05) is 17.5 Å². The zero-order valence-corrected chi connectivity index (χ0v) is 14.9. The van der Waals surface area contributed by atoms with Crippen molar-refractivity contribution in [3.05, 3.63) is 58.1 Å². The topological polar surface area (TPSA) is 21.3 Å². The molecule has 21 heavy (non-hydrogen) atoms. The average Bonchev–Trinajstić information content (AvgIpc) is 2.53. The van der Waals surface area contributed by atoms with E-state index < -0.39 is 0 Å². The van der Waals surface area contributed by atoms with E-state index in [1.807, 2.05) is 6.07 Å². The number of benzene rings is 2. The molecule has 0 aromatic heterocycles. The van der Waals surface area contributed by atoms with Gasteiger partial charge in [-0.05, 0) is 64.5 Å². The fourth-order valence-corrected chi connectivity index (χ4v) is 3.05. The summed E-state index contributed by atoms with van der Waals surface area (Å²) in [6, 6.07) is 15.2. The maximum Gasteiger partial charge on any atom is 0.133 e. The Labute approximate surface area is 139 Å². The lowest BCUT2D eigenvalue weighted by Crippen LogP contribution is -2.18. The highest BCUT2D eigenvalue weighted by Gasteiger charge is 2.08. The lowest BCUT2D eigenvalue weighted by Gasteiger charge is -2.16. The molecule has 1 atom stereocenters. The van der Waals surface area contributed by atoms with E-state index in [-0.39, 0.29) is 6.04 Å². The fraction of sp³-hybridized carbons (Fsp3) is 0.294. The number of hydrogen-bond donors (Lipinski definition) is 1. The van der Waals surface area contributed by atoms with Crippen molar-refractivity contribution in [1.82, 2.24) is 5.32 Å². The van der Waals surface area contributed by atoms with Gasteiger partial charge in [0.25, 0.3) is 0 Å². The molecule has 0 spiro atoms. The molecule has 0 heterocycles. The van der Waals surface area contributed by atoms with Gasteiger partial charge in [-0.1, -0.05) is 18.2 Å². The van der Waals surface area contributed by atoms with Crippen LogP contribution in [0.4, 0.5) is 0 Å². The van der Waals surface area contributed by atoms with Crippen LogP contribution in [-0.4, -0.2) is 13.4 Å². The second-order valence-corrected chi connectivity index (χ2v) is 6.58. The lowest BCUT2D eigenvalue weighted by molar-refractivity contribution is 0.411. The number of hydrogen-bond acceptors (Lipinski definition) is 3. The van der Waals surface area contributed by atoms with Crippen LogP contribution in [0.2, 0.25) is 0 Å². The summed E-state index contributed by atoms with van der Waals surface area (Å²) in [6.07, 6.45) is 2.09. The Bertz CT molecular complexity index is 586. The van der Waals surface area contributed by atoms with Gasteiger partial charge in [0.2, 0.25) is 0 Å². The number of rotatable bonds is 6. The van der Waals surface area contributed by atoms with Crippen molar-refractivity contribution < 1.29 is 4.74 Å². The van der Waals surface area contributed by atoms with E-state index in [2.05, 4.69) is 70.8 Å². The zero-order chi connectivity index (χ0) is 15.2. The summed E-state index contributed by atoms with van der Waals surface area (Å²) in [4.78, 5) is 1.30. The van der Waals surface area contributed by atoms with Crippen LogP contribution in [0.3, 0.4) is 0 Å². The van der Waals surface area contributed by atoms with Crippen molar-refractivity contribution in [2.24, 2.45) is 0 Å². The Kier molecular flexibility index (Phi) is 6.15. The summed E-state index contributed by atoms with van der Waals surface area (Å²) in [5.41, 5.74) is 2.54. The van der Waals surface area contributed by atoms with Crippen LogP contribution in [0.25, 0.3) is 0 Å². The largest absolute Gasteiger partial charge is 0.496 e. The van der Waals surface area contributed by atoms with Crippen molar-refractivity contribution in [1.29, 1.82) is 0 Å². The third kappa shape index (κ3) is 4.50. The molecule has 0 saturated heterocycles. The highest BCUT2D eigenvalue weighted by molar-refractivity contribution is 9.10. The summed E-state index contributed by atoms with van der Waals surface area (Å²) in [6.45, 7) is 3.03. The molecule has 2 rings (SSSR count). The summed E-state index contributed by atoms with van der Waals surface area (Å²) >= 11 is 5.30. The van der Waals surface area contributed by atoms with Crippen molar-refractivity contribution in [2.45, 2.75) is 24.4 Å². The monoisotopic (exact) mass is 365 g/mol. The van der Waals surface area contributed by atoms with Crippen LogP contribution in [0, 0.1) is 0 Å². The first kappa shape index (κ1) is 16.4. The quantitative estimate of drug-likeness (QED) is 0.725. The maximum atomic E-state index is 5.26. The molecule has 2 nitrogen and oxygen atoms in total. The van der Waals surface area contributed by atoms with E-state index >= 15 is 0 Å². The maximum absolute atomic E-state index is 5.26. The third-order valence-corrected chi connectivity index (χ3v) is 4.81. The third-order valence-electron chi connectivity index (χ3n) is 3.45. The number of thioether (sulfide) groups is 1. The number of halogens is 1. The molecule has 1 N–H and O–H groups in total. The molecule has 4 heteroatoms. The molecule has 0 aliphatic rings. The molecular weight excluding hydrogens is 346 g/mol. The molecule has 2 aromatic carbocycles. The minimum absolute atomic E-state index is 0.285. The van der Waals surface area contributed by atoms with Crippen LogP contribution in [0.5, 0.6) is 5.75 Å². The predicted molar refractivity (Wildman–Crippen MR) is 94.2 cm³/mol. The van der Waals surface area contributed by atoms with Gasteiger partial charge in [-0.15, -0.1) is 11.8 Å². The Morgan fingerprint density at radius 3 is 2.48 bits per heavy atom. The molecule has 0 aliphatic heterocycles. The number of methoxy groups -OCH3 is 1. The van der Waals surface area contributed by atoms with Crippen LogP contribution in [0.15, 0.2) is 51.8 Å². The molecule has 0 fully saturated rings. The molecule has 112 valence electrons. The molecular formula is C17H20BrNOS. The van der Waals surface area contributed by atoms with Gasteiger partial charge < -0.3 is 10.1 Å². The van der Waals surface area contributed by atoms with Crippen LogP contribution >= 0.6 is 27.7 Å². The molecule has 2 aromatic rings. The molecule has 0 radical (unpaired) electrons. The Morgan fingerprint density at radius 1 is 1.19 bits per heavy atom. The number of ether oxygens (including phenoxy) is 1. The van der Waals surface area contributed by atoms with Gasteiger partial charge in [0.15, 0.2) is 0 Å². The minimum atomic E-state index is 0.285. The molecule has 0 amide bonds. The lowest BCUT2D eigenvalue weighted by atomic mass is 10.1. The van der Waals surface area contributed by atoms with Gasteiger partial charge in [-0.3, -0.25) is 0 Å². The van der Waals surface area contributed by atoms with Gasteiger partial charge >= 0.3 is 0 Å². The van der Waals surface area contributed by atoms with Crippen LogP contribution < -0.4 is 10.1 Å². The van der Waals surface area contributed by atoms with Crippen LogP contribution in [-0.2, 0) is 6.54 Å². The van der Waals surface area contributed by atoms with Crippen LogP contribution in [0.1, 0.15) is 24.1 Å². The molecule has 0 bridgehead atoms. The van der Waals surface area contributed by atoms with E-state index in [0.29, 0.717) is 0 Å². The Morgan fingerprint density at radius 2 is 1.90 bits per heavy atom. The summed E-state index contributed by atoms with van der Waals surface area (Å²) in [5.74, 6) is 0.860. The Balaban J connectivity index is 1.97. The summed E-state index contributed by atoms with van der Waals surface area (Å²) in [5, 5.41) is 3.55. The van der Waals surface area contributed by atoms with Gasteiger partial charge in [-0.25, -0.2) is 0 Å². The van der Waals surface area contributed by atoms with Gasteiger partial charge in [0.1, 0.15) is 5.75 Å². The first-order valence-electron chi connectivity index (χ1n) is 6.83. The molecule has 1 unspecified atom stereocenters. The highest BCUT2D eigenvalue weighted by Crippen LogP contribution is 2.28. The Hall–Kier alpha value is -0.970. The second-order valence-electron chi connectivity index (χ2n) is 4.84. The van der Waals surface area contributed by atoms with E-state index in [4.69, 9.17) is 4.74 Å². The normalized spacial score (nSPS) is 12.2. The first-order chi connectivity index (χ1) is 10.1. The second kappa shape index (κ2) is 7.87. The van der Waals surface area contributed by atoms with Gasteiger partial charge in [0.05, 0.1) is 11.6 Å². The minimum Gasteiger partial charge on any atom is -0.496 e. The average molecular weight is 366 g/mol. The fourth-order valence-electron chi connectivity index (χ4n) is 2.08.